The molecule has 0 aliphatic carbocycles. The third-order valence-corrected chi connectivity index (χ3v) is 4.96. The molecule has 10 nitrogen and oxygen atoms in total. The smallest absolute Gasteiger partial charge is 0.328 e. The Hall–Kier alpha value is -4.34. The number of aromatic nitrogens is 2. The molecule has 0 aliphatic rings. The molecular weight excluding hydrogens is 462 g/mol. The zero-order chi connectivity index (χ0) is 26.5. The standard InChI is InChI=1S/C17H22N4O5.C9H9N/c1-11(2)26-17(25)14(4-3-13(22)9-18)21-15(23)10-20-16(24)12-5-7-19-8-6-12;1-7-6-10-9-5-3-2-4-8(7)9/h5-9,11,14,18H,3-4,10H2,1-2H3,(H,20,24)(H,21,23);2-6,10H,1H3. The molecule has 0 saturated heterocycles. The van der Waals surface area contributed by atoms with E-state index < -0.39 is 29.6 Å². The Morgan fingerprint density at radius 3 is 2.44 bits per heavy atom. The summed E-state index contributed by atoms with van der Waals surface area (Å²) in [6, 6.07) is 10.3. The molecule has 0 radical (unpaired) electrons. The van der Waals surface area contributed by atoms with Crippen molar-refractivity contribution in [2.45, 2.75) is 45.8 Å². The van der Waals surface area contributed by atoms with Crippen molar-refractivity contribution in [3.63, 3.8) is 0 Å². The van der Waals surface area contributed by atoms with Crippen LogP contribution in [0.15, 0.2) is 55.0 Å². The van der Waals surface area contributed by atoms with Gasteiger partial charge in [0.1, 0.15) is 6.04 Å². The Bertz CT molecular complexity index is 1190. The van der Waals surface area contributed by atoms with Crippen LogP contribution in [0.4, 0.5) is 0 Å². The predicted molar refractivity (Wildman–Crippen MR) is 136 cm³/mol. The third-order valence-electron chi connectivity index (χ3n) is 4.96. The maximum Gasteiger partial charge on any atom is 0.328 e. The van der Waals surface area contributed by atoms with E-state index in [0.717, 1.165) is 0 Å². The minimum Gasteiger partial charge on any atom is -0.461 e. The molecule has 3 rings (SSSR count). The van der Waals surface area contributed by atoms with Gasteiger partial charge in [-0.2, -0.15) is 0 Å². The molecule has 0 spiro atoms. The summed E-state index contributed by atoms with van der Waals surface area (Å²) >= 11 is 0. The third kappa shape index (κ3) is 9.13. The first-order valence-corrected chi connectivity index (χ1v) is 11.4. The molecule has 4 N–H and O–H groups in total. The number of rotatable bonds is 10. The molecular formula is C26H31N5O5. The van der Waals surface area contributed by atoms with Gasteiger partial charge in [-0.1, -0.05) is 18.2 Å². The second-order valence-electron chi connectivity index (χ2n) is 8.19. The average Bonchev–Trinajstić information content (AvgIpc) is 3.26. The highest BCUT2D eigenvalue weighted by molar-refractivity contribution is 6.26. The number of pyridine rings is 1. The lowest BCUT2D eigenvalue weighted by Gasteiger charge is -2.19. The zero-order valence-electron chi connectivity index (χ0n) is 20.5. The Labute approximate surface area is 209 Å². The molecule has 10 heteroatoms. The van der Waals surface area contributed by atoms with Gasteiger partial charge < -0.3 is 25.8 Å². The molecule has 2 heterocycles. The summed E-state index contributed by atoms with van der Waals surface area (Å²) in [5.74, 6) is -2.19. The molecule has 190 valence electrons. The minimum atomic E-state index is -1.04. The van der Waals surface area contributed by atoms with E-state index in [1.807, 2.05) is 12.3 Å². The number of amides is 2. The van der Waals surface area contributed by atoms with Gasteiger partial charge in [-0.3, -0.25) is 19.4 Å². The number of fused-ring (bicyclic) bond motifs is 1. The average molecular weight is 494 g/mol. The molecule has 1 aromatic carbocycles. The summed E-state index contributed by atoms with van der Waals surface area (Å²) in [5, 5.41) is 13.1. The fraction of sp³-hybridized carbons (Fsp3) is 0.308. The zero-order valence-corrected chi connectivity index (χ0v) is 20.5. The van der Waals surface area contributed by atoms with Crippen molar-refractivity contribution < 1.29 is 23.9 Å². The van der Waals surface area contributed by atoms with Crippen molar-refractivity contribution in [3.8, 4) is 0 Å². The number of hydrogen-bond acceptors (Lipinski definition) is 7. The highest BCUT2D eigenvalue weighted by Crippen LogP contribution is 2.15. The quantitative estimate of drug-likeness (QED) is 0.251. The van der Waals surface area contributed by atoms with Crippen molar-refractivity contribution >= 4 is 40.7 Å². The van der Waals surface area contributed by atoms with Gasteiger partial charge in [0.25, 0.3) is 5.91 Å². The van der Waals surface area contributed by atoms with E-state index in [2.05, 4.69) is 45.7 Å². The maximum atomic E-state index is 12.1. The minimum absolute atomic E-state index is 0.00378. The number of para-hydroxylation sites is 1. The number of carbonyl (C=O) groups excluding carboxylic acids is 4. The van der Waals surface area contributed by atoms with E-state index in [0.29, 0.717) is 11.8 Å². The molecule has 1 atom stereocenters. The molecule has 0 saturated carbocycles. The first-order valence-electron chi connectivity index (χ1n) is 11.4. The second kappa shape index (κ2) is 14.1. The van der Waals surface area contributed by atoms with E-state index >= 15 is 0 Å². The van der Waals surface area contributed by atoms with Crippen molar-refractivity contribution in [1.29, 1.82) is 5.41 Å². The van der Waals surface area contributed by atoms with Gasteiger partial charge in [-0.05, 0) is 51.0 Å². The number of H-pyrrole nitrogens is 1. The van der Waals surface area contributed by atoms with E-state index in [9.17, 15) is 19.2 Å². The number of aryl methyl sites for hydroxylation is 1. The molecule has 2 aromatic heterocycles. The topological polar surface area (TPSA) is 154 Å². The Balaban J connectivity index is 0.000000373. The van der Waals surface area contributed by atoms with Gasteiger partial charge in [0.05, 0.1) is 18.9 Å². The SMILES string of the molecule is CC(C)OC(=O)C(CCC(=O)C=N)NC(=O)CNC(=O)c1ccncc1.Cc1c[nH]c2ccccc12. The fourth-order valence-electron chi connectivity index (χ4n) is 3.15. The lowest BCUT2D eigenvalue weighted by atomic mass is 10.1. The van der Waals surface area contributed by atoms with Gasteiger partial charge >= 0.3 is 5.97 Å². The number of Topliss-reactive ketones (excluding diaryl/α,β-unsaturated/α-hetero) is 1. The van der Waals surface area contributed by atoms with Crippen LogP contribution in [0, 0.1) is 12.3 Å². The lowest BCUT2D eigenvalue weighted by Crippen LogP contribution is -2.46. The Kier molecular flexibility index (Phi) is 11.0. The van der Waals surface area contributed by atoms with Crippen LogP contribution in [0.1, 0.15) is 42.6 Å². The summed E-state index contributed by atoms with van der Waals surface area (Å²) in [5.41, 5.74) is 2.88. The summed E-state index contributed by atoms with van der Waals surface area (Å²) < 4.78 is 5.06. The van der Waals surface area contributed by atoms with Crippen molar-refractivity contribution in [3.05, 3.63) is 66.1 Å². The maximum absolute atomic E-state index is 12.1. The number of hydrogen-bond donors (Lipinski definition) is 4. The first-order chi connectivity index (χ1) is 17.2. The Morgan fingerprint density at radius 2 is 1.81 bits per heavy atom. The fourth-order valence-corrected chi connectivity index (χ4v) is 3.15. The van der Waals surface area contributed by atoms with Gasteiger partial charge in [-0.25, -0.2) is 4.79 Å². The van der Waals surface area contributed by atoms with E-state index in [-0.39, 0.29) is 25.5 Å². The van der Waals surface area contributed by atoms with Crippen LogP contribution < -0.4 is 10.6 Å². The number of aromatic amines is 1. The number of ether oxygens (including phenoxy) is 1. The highest BCUT2D eigenvalue weighted by atomic mass is 16.5. The van der Waals surface area contributed by atoms with Gasteiger partial charge in [0, 0.05) is 41.5 Å². The number of benzene rings is 1. The van der Waals surface area contributed by atoms with Crippen LogP contribution in [-0.4, -0.2) is 58.4 Å². The molecule has 3 aromatic rings. The van der Waals surface area contributed by atoms with E-state index in [4.69, 9.17) is 10.1 Å². The molecule has 2 amide bonds. The molecule has 1 unspecified atom stereocenters. The van der Waals surface area contributed by atoms with E-state index in [1.54, 1.807) is 13.8 Å². The first kappa shape index (κ1) is 27.9. The normalized spacial score (nSPS) is 11.1. The van der Waals surface area contributed by atoms with Crippen molar-refractivity contribution in [1.82, 2.24) is 20.6 Å². The molecule has 0 bridgehead atoms. The number of ketones is 1. The lowest BCUT2D eigenvalue weighted by molar-refractivity contribution is -0.151. The largest absolute Gasteiger partial charge is 0.461 e. The number of nitrogens with one attached hydrogen (secondary N) is 4. The summed E-state index contributed by atoms with van der Waals surface area (Å²) in [4.78, 5) is 54.2. The van der Waals surface area contributed by atoms with Gasteiger partial charge in [0.15, 0.2) is 5.78 Å². The van der Waals surface area contributed by atoms with Crippen molar-refractivity contribution in [2.24, 2.45) is 0 Å². The second-order valence-corrected chi connectivity index (χ2v) is 8.19. The van der Waals surface area contributed by atoms with Gasteiger partial charge in [-0.15, -0.1) is 0 Å². The summed E-state index contributed by atoms with van der Waals surface area (Å²) in [7, 11) is 0. The predicted octanol–water partition coefficient (Wildman–Crippen LogP) is 2.72. The van der Waals surface area contributed by atoms with Crippen LogP contribution in [0.25, 0.3) is 10.9 Å². The van der Waals surface area contributed by atoms with Crippen LogP contribution >= 0.6 is 0 Å². The molecule has 0 aliphatic heterocycles. The number of carbonyl (C=O) groups is 4. The van der Waals surface area contributed by atoms with E-state index in [1.165, 1.54) is 41.0 Å². The molecule has 0 fully saturated rings. The number of nitrogens with zero attached hydrogens (tertiary/aromatic N) is 1. The van der Waals surface area contributed by atoms with Crippen LogP contribution in [0.5, 0.6) is 0 Å². The monoisotopic (exact) mass is 493 g/mol. The van der Waals surface area contributed by atoms with Crippen LogP contribution in [0.2, 0.25) is 0 Å². The summed E-state index contributed by atoms with van der Waals surface area (Å²) in [6.45, 7) is 5.09. The van der Waals surface area contributed by atoms with Gasteiger partial charge in [0.2, 0.25) is 5.91 Å². The highest BCUT2D eigenvalue weighted by Gasteiger charge is 2.24. The molecule has 36 heavy (non-hydrogen) atoms. The Morgan fingerprint density at radius 1 is 1.11 bits per heavy atom. The summed E-state index contributed by atoms with van der Waals surface area (Å²) in [6.07, 6.45) is 5.13. The van der Waals surface area contributed by atoms with Crippen LogP contribution in [-0.2, 0) is 19.1 Å². The van der Waals surface area contributed by atoms with Crippen LogP contribution in [0.3, 0.4) is 0 Å². The van der Waals surface area contributed by atoms with Crippen molar-refractivity contribution in [2.75, 3.05) is 6.54 Å². The number of esters is 1.